The van der Waals surface area contributed by atoms with E-state index < -0.39 is 6.10 Å². The first-order chi connectivity index (χ1) is 21.1. The first-order valence-electron chi connectivity index (χ1n) is 18.0. The van der Waals surface area contributed by atoms with Crippen molar-refractivity contribution in [2.45, 2.75) is 180 Å². The molecular formula is C38H68O5. The van der Waals surface area contributed by atoms with E-state index in [0.29, 0.717) is 12.8 Å². The lowest BCUT2D eigenvalue weighted by atomic mass is 10.1. The summed E-state index contributed by atoms with van der Waals surface area (Å²) in [5, 5.41) is 9.51. The van der Waals surface area contributed by atoms with Crippen LogP contribution in [0.2, 0.25) is 0 Å². The van der Waals surface area contributed by atoms with Gasteiger partial charge in [0.1, 0.15) is 6.61 Å². The second kappa shape index (κ2) is 34.6. The standard InChI is InChI=1S/C38H68O5/c1-3-5-7-9-11-13-15-16-17-18-19-20-21-22-23-25-27-29-31-33-38(41)43-36(34-39)35-42-37(40)32-30-28-26-24-14-12-10-8-6-4-2/h11,13,16-17,19-20,36,39H,3-10,12,14-15,18,21-35H2,1-2H3/b13-11-,17-16-,20-19-. The summed E-state index contributed by atoms with van der Waals surface area (Å²) in [6.07, 6.45) is 40.5. The summed E-state index contributed by atoms with van der Waals surface area (Å²) in [6, 6.07) is 0. The van der Waals surface area contributed by atoms with Gasteiger partial charge in [-0.05, 0) is 51.4 Å². The Bertz CT molecular complexity index is 696. The van der Waals surface area contributed by atoms with Gasteiger partial charge in [0.05, 0.1) is 6.61 Å². The van der Waals surface area contributed by atoms with Gasteiger partial charge < -0.3 is 14.6 Å². The third-order valence-electron chi connectivity index (χ3n) is 7.69. The molecule has 43 heavy (non-hydrogen) atoms. The average Bonchev–Trinajstić information content (AvgIpc) is 3.01. The highest BCUT2D eigenvalue weighted by Crippen LogP contribution is 2.13. The summed E-state index contributed by atoms with van der Waals surface area (Å²) in [5.41, 5.74) is 0. The van der Waals surface area contributed by atoms with Gasteiger partial charge in [0.25, 0.3) is 0 Å². The molecule has 0 aromatic rings. The molecule has 5 nitrogen and oxygen atoms in total. The number of aliphatic hydroxyl groups excluding tert-OH is 1. The van der Waals surface area contributed by atoms with Gasteiger partial charge in [-0.25, -0.2) is 0 Å². The van der Waals surface area contributed by atoms with Gasteiger partial charge in [-0.15, -0.1) is 0 Å². The fraction of sp³-hybridized carbons (Fsp3) is 0.789. The molecule has 1 unspecified atom stereocenters. The van der Waals surface area contributed by atoms with Crippen LogP contribution in [-0.4, -0.2) is 36.4 Å². The molecule has 0 fully saturated rings. The largest absolute Gasteiger partial charge is 0.462 e. The Kier molecular flexibility index (Phi) is 33.1. The lowest BCUT2D eigenvalue weighted by Crippen LogP contribution is -2.28. The maximum atomic E-state index is 12.1. The topological polar surface area (TPSA) is 72.8 Å². The van der Waals surface area contributed by atoms with Crippen molar-refractivity contribution in [3.63, 3.8) is 0 Å². The second-order valence-electron chi connectivity index (χ2n) is 12.0. The number of esters is 2. The molecule has 0 saturated heterocycles. The van der Waals surface area contributed by atoms with Crippen molar-refractivity contribution in [1.82, 2.24) is 0 Å². The predicted octanol–water partition coefficient (Wildman–Crippen LogP) is 10.9. The fourth-order valence-corrected chi connectivity index (χ4v) is 4.91. The summed E-state index contributed by atoms with van der Waals surface area (Å²) >= 11 is 0. The number of carbonyl (C=O) groups excluding carboxylic acids is 2. The molecule has 0 rings (SSSR count). The van der Waals surface area contributed by atoms with Gasteiger partial charge in [-0.1, -0.05) is 147 Å². The number of carbonyl (C=O) groups is 2. The van der Waals surface area contributed by atoms with Crippen molar-refractivity contribution in [2.75, 3.05) is 13.2 Å². The molecule has 1 atom stereocenters. The number of unbranched alkanes of at least 4 members (excludes halogenated alkanes) is 18. The monoisotopic (exact) mass is 605 g/mol. The van der Waals surface area contributed by atoms with E-state index in [-0.39, 0.29) is 25.2 Å². The number of hydrogen-bond donors (Lipinski definition) is 1. The normalized spacial score (nSPS) is 12.5. The minimum atomic E-state index is -0.773. The third-order valence-corrected chi connectivity index (χ3v) is 7.69. The Morgan fingerprint density at radius 1 is 0.535 bits per heavy atom. The molecule has 0 radical (unpaired) electrons. The van der Waals surface area contributed by atoms with Crippen LogP contribution in [-0.2, 0) is 19.1 Å². The van der Waals surface area contributed by atoms with Gasteiger partial charge in [0, 0.05) is 12.8 Å². The second-order valence-corrected chi connectivity index (χ2v) is 12.0. The highest BCUT2D eigenvalue weighted by atomic mass is 16.6. The van der Waals surface area contributed by atoms with Crippen LogP contribution in [0.5, 0.6) is 0 Å². The quantitative estimate of drug-likeness (QED) is 0.0470. The predicted molar refractivity (Wildman–Crippen MR) is 182 cm³/mol. The van der Waals surface area contributed by atoms with Gasteiger partial charge >= 0.3 is 11.9 Å². The number of aliphatic hydroxyl groups is 1. The van der Waals surface area contributed by atoms with Crippen molar-refractivity contribution in [3.8, 4) is 0 Å². The van der Waals surface area contributed by atoms with E-state index in [1.807, 2.05) is 0 Å². The number of rotatable bonds is 32. The average molecular weight is 605 g/mol. The molecule has 1 N–H and O–H groups in total. The van der Waals surface area contributed by atoms with Crippen molar-refractivity contribution in [1.29, 1.82) is 0 Å². The first kappa shape index (κ1) is 41.1. The summed E-state index contributed by atoms with van der Waals surface area (Å²) in [7, 11) is 0. The maximum Gasteiger partial charge on any atom is 0.306 e. The minimum absolute atomic E-state index is 0.0693. The third kappa shape index (κ3) is 32.9. The highest BCUT2D eigenvalue weighted by Gasteiger charge is 2.16. The van der Waals surface area contributed by atoms with Crippen LogP contribution in [0.25, 0.3) is 0 Å². The molecule has 0 aliphatic carbocycles. The summed E-state index contributed by atoms with van der Waals surface area (Å²) in [4.78, 5) is 24.1. The van der Waals surface area contributed by atoms with Gasteiger partial charge in [-0.3, -0.25) is 9.59 Å². The Labute approximate surface area is 266 Å². The van der Waals surface area contributed by atoms with Gasteiger partial charge in [-0.2, -0.15) is 0 Å². The molecule has 0 aliphatic heterocycles. The number of ether oxygens (including phenoxy) is 2. The lowest BCUT2D eigenvalue weighted by Gasteiger charge is -2.15. The number of hydrogen-bond acceptors (Lipinski definition) is 5. The molecule has 0 bridgehead atoms. The molecule has 0 aromatic carbocycles. The van der Waals surface area contributed by atoms with E-state index in [9.17, 15) is 14.7 Å². The van der Waals surface area contributed by atoms with E-state index in [4.69, 9.17) is 9.47 Å². The Balaban J connectivity index is 3.60. The van der Waals surface area contributed by atoms with Crippen LogP contribution in [0.1, 0.15) is 174 Å². The minimum Gasteiger partial charge on any atom is -0.462 e. The Morgan fingerprint density at radius 2 is 0.930 bits per heavy atom. The Morgan fingerprint density at radius 3 is 1.44 bits per heavy atom. The maximum absolute atomic E-state index is 12.1. The van der Waals surface area contributed by atoms with Gasteiger partial charge in [0.15, 0.2) is 6.10 Å². The van der Waals surface area contributed by atoms with Crippen molar-refractivity contribution < 1.29 is 24.2 Å². The van der Waals surface area contributed by atoms with E-state index in [2.05, 4.69) is 50.3 Å². The molecule has 0 amide bonds. The molecule has 5 heteroatoms. The molecule has 0 saturated carbocycles. The molecular weight excluding hydrogens is 536 g/mol. The Hall–Kier alpha value is -1.88. The van der Waals surface area contributed by atoms with Gasteiger partial charge in [0.2, 0.25) is 0 Å². The summed E-state index contributed by atoms with van der Waals surface area (Å²) in [5.74, 6) is -0.607. The van der Waals surface area contributed by atoms with Crippen molar-refractivity contribution >= 4 is 11.9 Å². The summed E-state index contributed by atoms with van der Waals surface area (Å²) in [6.45, 7) is 4.07. The zero-order chi connectivity index (χ0) is 31.5. The molecule has 0 heterocycles. The zero-order valence-electron chi connectivity index (χ0n) is 28.2. The van der Waals surface area contributed by atoms with E-state index in [0.717, 1.165) is 57.8 Å². The van der Waals surface area contributed by atoms with E-state index in [1.165, 1.54) is 89.9 Å². The van der Waals surface area contributed by atoms with E-state index in [1.54, 1.807) is 0 Å². The molecule has 250 valence electrons. The molecule has 0 aliphatic rings. The van der Waals surface area contributed by atoms with Crippen LogP contribution in [0.15, 0.2) is 36.5 Å². The summed E-state index contributed by atoms with van der Waals surface area (Å²) < 4.78 is 10.5. The molecule has 0 aromatic heterocycles. The van der Waals surface area contributed by atoms with Crippen LogP contribution in [0.3, 0.4) is 0 Å². The smallest absolute Gasteiger partial charge is 0.306 e. The van der Waals surface area contributed by atoms with Crippen LogP contribution in [0.4, 0.5) is 0 Å². The van der Waals surface area contributed by atoms with E-state index >= 15 is 0 Å². The van der Waals surface area contributed by atoms with Crippen molar-refractivity contribution in [3.05, 3.63) is 36.5 Å². The van der Waals surface area contributed by atoms with Crippen LogP contribution in [0, 0.1) is 0 Å². The zero-order valence-corrected chi connectivity index (χ0v) is 28.2. The van der Waals surface area contributed by atoms with Crippen molar-refractivity contribution in [2.24, 2.45) is 0 Å². The van der Waals surface area contributed by atoms with Crippen LogP contribution >= 0.6 is 0 Å². The first-order valence-corrected chi connectivity index (χ1v) is 18.0. The molecule has 0 spiro atoms. The number of allylic oxidation sites excluding steroid dienone is 6. The SMILES string of the molecule is CCCCC/C=C\C/C=C\C/C=C\CCCCCCCCC(=O)OC(CO)COC(=O)CCCCCCCCCCCC. The lowest BCUT2D eigenvalue weighted by molar-refractivity contribution is -0.161. The highest BCUT2D eigenvalue weighted by molar-refractivity contribution is 5.70. The fourth-order valence-electron chi connectivity index (χ4n) is 4.91. The van der Waals surface area contributed by atoms with Crippen LogP contribution < -0.4 is 0 Å².